The van der Waals surface area contributed by atoms with Crippen LogP contribution >= 0.6 is 0 Å². The lowest BCUT2D eigenvalue weighted by molar-refractivity contribution is -0.120. The van der Waals surface area contributed by atoms with E-state index in [-0.39, 0.29) is 5.41 Å². The number of hydrogen-bond acceptors (Lipinski definition) is 4. The van der Waals surface area contributed by atoms with Crippen molar-refractivity contribution in [1.29, 1.82) is 0 Å². The van der Waals surface area contributed by atoms with Gasteiger partial charge in [0.05, 0.1) is 25.4 Å². The molecule has 0 aromatic heterocycles. The van der Waals surface area contributed by atoms with E-state index in [1.54, 1.807) is 18.2 Å². The molecule has 2 N–H and O–H groups in total. The normalized spacial score (nSPS) is 17.6. The molecule has 0 aliphatic carbocycles. The molecule has 1 fully saturated rings. The van der Waals surface area contributed by atoms with Crippen molar-refractivity contribution in [3.63, 3.8) is 0 Å². The molecule has 4 heteroatoms. The Bertz CT molecular complexity index is 399. The summed E-state index contributed by atoms with van der Waals surface area (Å²) in [6.07, 6.45) is 0.755. The Hall–Kier alpha value is -1.55. The Labute approximate surface area is 94.3 Å². The zero-order valence-corrected chi connectivity index (χ0v) is 9.23. The molecule has 1 saturated heterocycles. The number of anilines is 1. The summed E-state index contributed by atoms with van der Waals surface area (Å²) in [5.41, 5.74) is 6.71. The number of aldehydes is 1. The van der Waals surface area contributed by atoms with Gasteiger partial charge < -0.3 is 15.2 Å². The molecule has 0 spiro atoms. The van der Waals surface area contributed by atoms with E-state index in [0.29, 0.717) is 36.8 Å². The maximum Gasteiger partial charge on any atom is 0.153 e. The average Bonchev–Trinajstić information content (AvgIpc) is 2.24. The molecule has 1 heterocycles. The molecule has 0 saturated carbocycles. The van der Waals surface area contributed by atoms with Gasteiger partial charge in [0.25, 0.3) is 0 Å². The molecule has 0 radical (unpaired) electrons. The van der Waals surface area contributed by atoms with Crippen molar-refractivity contribution >= 4 is 12.0 Å². The van der Waals surface area contributed by atoms with Crippen LogP contribution in [0.15, 0.2) is 18.2 Å². The minimum Gasteiger partial charge on any atom is -0.492 e. The number of rotatable bonds is 4. The SMILES string of the molecule is CC1(COc2ccc(N)cc2C=O)COC1. The summed E-state index contributed by atoms with van der Waals surface area (Å²) in [5.74, 6) is 0.581. The molecule has 0 bridgehead atoms. The highest BCUT2D eigenvalue weighted by Crippen LogP contribution is 2.28. The molecule has 0 amide bonds. The van der Waals surface area contributed by atoms with Crippen LogP contribution in [0.25, 0.3) is 0 Å². The first-order valence-corrected chi connectivity index (χ1v) is 5.18. The van der Waals surface area contributed by atoms with Crippen molar-refractivity contribution in [3.8, 4) is 5.75 Å². The summed E-state index contributed by atoms with van der Waals surface area (Å²) in [7, 11) is 0. The first kappa shape index (κ1) is 11.0. The van der Waals surface area contributed by atoms with Crippen molar-refractivity contribution < 1.29 is 14.3 Å². The summed E-state index contributed by atoms with van der Waals surface area (Å²) in [6, 6.07) is 5.06. The average molecular weight is 221 g/mol. The van der Waals surface area contributed by atoms with Crippen molar-refractivity contribution in [2.75, 3.05) is 25.6 Å². The van der Waals surface area contributed by atoms with E-state index in [2.05, 4.69) is 6.92 Å². The second-order valence-corrected chi connectivity index (χ2v) is 4.51. The second kappa shape index (κ2) is 4.14. The Morgan fingerprint density at radius 2 is 2.31 bits per heavy atom. The minimum absolute atomic E-state index is 0.0710. The van der Waals surface area contributed by atoms with Crippen LogP contribution in [0.1, 0.15) is 17.3 Å². The standard InChI is InChI=1S/C12H15NO3/c1-12(6-15-7-12)8-16-11-3-2-10(13)4-9(11)5-14/h2-5H,6-8,13H2,1H3. The third-order valence-electron chi connectivity index (χ3n) is 2.64. The molecular formula is C12H15NO3. The van der Waals surface area contributed by atoms with E-state index >= 15 is 0 Å². The molecular weight excluding hydrogens is 206 g/mol. The summed E-state index contributed by atoms with van der Waals surface area (Å²) in [5, 5.41) is 0. The zero-order chi connectivity index (χ0) is 11.6. The number of benzene rings is 1. The van der Waals surface area contributed by atoms with E-state index in [1.165, 1.54) is 0 Å². The fourth-order valence-corrected chi connectivity index (χ4v) is 1.58. The van der Waals surface area contributed by atoms with E-state index < -0.39 is 0 Å². The van der Waals surface area contributed by atoms with E-state index in [0.717, 1.165) is 6.29 Å². The lowest BCUT2D eigenvalue weighted by atomic mass is 9.90. The van der Waals surface area contributed by atoms with Crippen LogP contribution in [0, 0.1) is 5.41 Å². The van der Waals surface area contributed by atoms with Gasteiger partial charge in [0.2, 0.25) is 0 Å². The Morgan fingerprint density at radius 3 is 2.88 bits per heavy atom. The third-order valence-corrected chi connectivity index (χ3v) is 2.64. The molecule has 16 heavy (non-hydrogen) atoms. The summed E-state index contributed by atoms with van der Waals surface area (Å²) in [4.78, 5) is 10.8. The predicted octanol–water partition coefficient (Wildman–Crippen LogP) is 1.50. The van der Waals surface area contributed by atoms with E-state index in [4.69, 9.17) is 15.2 Å². The molecule has 1 aromatic carbocycles. The Morgan fingerprint density at radius 1 is 1.56 bits per heavy atom. The van der Waals surface area contributed by atoms with Gasteiger partial charge >= 0.3 is 0 Å². The second-order valence-electron chi connectivity index (χ2n) is 4.51. The van der Waals surface area contributed by atoms with Crippen molar-refractivity contribution in [2.45, 2.75) is 6.92 Å². The predicted molar refractivity (Wildman–Crippen MR) is 60.7 cm³/mol. The van der Waals surface area contributed by atoms with Crippen LogP contribution in [0.5, 0.6) is 5.75 Å². The minimum atomic E-state index is 0.0710. The van der Waals surface area contributed by atoms with Gasteiger partial charge in [-0.1, -0.05) is 6.92 Å². The number of carbonyl (C=O) groups is 1. The largest absolute Gasteiger partial charge is 0.492 e. The molecule has 1 aromatic rings. The van der Waals surface area contributed by atoms with E-state index in [9.17, 15) is 4.79 Å². The zero-order valence-electron chi connectivity index (χ0n) is 9.23. The van der Waals surface area contributed by atoms with Gasteiger partial charge in [0.15, 0.2) is 6.29 Å². The van der Waals surface area contributed by atoms with E-state index in [1.807, 2.05) is 0 Å². The van der Waals surface area contributed by atoms with Crippen LogP contribution in [0.4, 0.5) is 5.69 Å². The van der Waals surface area contributed by atoms with Gasteiger partial charge in [-0.25, -0.2) is 0 Å². The van der Waals surface area contributed by atoms with Crippen LogP contribution in [-0.2, 0) is 4.74 Å². The lowest BCUT2D eigenvalue weighted by Crippen LogP contribution is -2.44. The van der Waals surface area contributed by atoms with Crippen LogP contribution in [0.2, 0.25) is 0 Å². The molecule has 86 valence electrons. The van der Waals surface area contributed by atoms with Crippen molar-refractivity contribution in [3.05, 3.63) is 23.8 Å². The summed E-state index contributed by atoms with van der Waals surface area (Å²) >= 11 is 0. The molecule has 4 nitrogen and oxygen atoms in total. The summed E-state index contributed by atoms with van der Waals surface area (Å²) < 4.78 is 10.8. The number of hydrogen-bond donors (Lipinski definition) is 1. The monoisotopic (exact) mass is 221 g/mol. The van der Waals surface area contributed by atoms with Gasteiger partial charge in [-0.2, -0.15) is 0 Å². The van der Waals surface area contributed by atoms with Gasteiger partial charge in [-0.3, -0.25) is 4.79 Å². The van der Waals surface area contributed by atoms with Gasteiger partial charge in [0.1, 0.15) is 5.75 Å². The number of nitrogen functional groups attached to an aromatic ring is 1. The van der Waals surface area contributed by atoms with Crippen molar-refractivity contribution in [1.82, 2.24) is 0 Å². The lowest BCUT2D eigenvalue weighted by Gasteiger charge is -2.37. The molecule has 0 unspecified atom stereocenters. The number of carbonyl (C=O) groups excluding carboxylic acids is 1. The van der Waals surface area contributed by atoms with Gasteiger partial charge in [-0.15, -0.1) is 0 Å². The first-order valence-electron chi connectivity index (χ1n) is 5.18. The fourth-order valence-electron chi connectivity index (χ4n) is 1.58. The Balaban J connectivity index is 2.06. The molecule has 1 aliphatic rings. The van der Waals surface area contributed by atoms with Crippen LogP contribution in [0.3, 0.4) is 0 Å². The summed E-state index contributed by atoms with van der Waals surface area (Å²) in [6.45, 7) is 4.06. The highest BCUT2D eigenvalue weighted by molar-refractivity contribution is 5.81. The van der Waals surface area contributed by atoms with Crippen LogP contribution in [-0.4, -0.2) is 26.1 Å². The molecule has 1 aliphatic heterocycles. The van der Waals surface area contributed by atoms with Gasteiger partial charge in [0, 0.05) is 11.1 Å². The maximum absolute atomic E-state index is 10.8. The topological polar surface area (TPSA) is 61.5 Å². The van der Waals surface area contributed by atoms with Crippen molar-refractivity contribution in [2.24, 2.45) is 5.41 Å². The number of nitrogens with two attached hydrogens (primary N) is 1. The van der Waals surface area contributed by atoms with Gasteiger partial charge in [-0.05, 0) is 18.2 Å². The highest BCUT2D eigenvalue weighted by atomic mass is 16.5. The fraction of sp³-hybridized carbons (Fsp3) is 0.417. The molecule has 0 atom stereocenters. The maximum atomic E-state index is 10.8. The highest BCUT2D eigenvalue weighted by Gasteiger charge is 2.34. The quantitative estimate of drug-likeness (QED) is 0.618. The van der Waals surface area contributed by atoms with Crippen LogP contribution < -0.4 is 10.5 Å². The smallest absolute Gasteiger partial charge is 0.153 e. The first-order chi connectivity index (χ1) is 7.63. The Kier molecular flexibility index (Phi) is 2.83. The third kappa shape index (κ3) is 2.17. The number of ether oxygens (including phenoxy) is 2. The molecule has 2 rings (SSSR count).